The van der Waals surface area contributed by atoms with Crippen LogP contribution < -0.4 is 11.2 Å². The number of rotatable bonds is 9. The van der Waals surface area contributed by atoms with Crippen LogP contribution in [0.5, 0.6) is 0 Å². The van der Waals surface area contributed by atoms with Crippen LogP contribution in [0.4, 0.5) is 4.39 Å². The van der Waals surface area contributed by atoms with Crippen LogP contribution >= 0.6 is 0 Å². The number of ether oxygens (including phenoxy) is 1. The molecular weight excluding hydrogens is 413 g/mol. The molecule has 170 valence electrons. The van der Waals surface area contributed by atoms with Crippen molar-refractivity contribution in [1.82, 2.24) is 14.6 Å². The number of halogens is 1. The molecule has 2 rings (SSSR count). The zero-order valence-corrected chi connectivity index (χ0v) is 15.9. The molecule has 13 nitrogen and oxygen atoms in total. The second-order valence-corrected chi connectivity index (χ2v) is 6.87. The Morgan fingerprint density at radius 1 is 1.40 bits per heavy atom. The molecule has 14 heteroatoms. The van der Waals surface area contributed by atoms with Crippen molar-refractivity contribution in [2.75, 3.05) is 6.61 Å². The van der Waals surface area contributed by atoms with Crippen LogP contribution in [0, 0.1) is 0 Å². The zero-order valence-electron chi connectivity index (χ0n) is 15.9. The number of hydrogen-bond donors (Lipinski definition) is 7. The minimum Gasteiger partial charge on any atom is -0.477 e. The van der Waals surface area contributed by atoms with E-state index in [0.29, 0.717) is 19.0 Å². The Labute approximate surface area is 168 Å². The monoisotopic (exact) mass is 437 g/mol. The standard InChI is InChI=1S/C16H24FN3O10/c1-2-3-4-5-10(17)20(29)15(27)11(22)9(7-21)30-16(15,28)19-6-8(13(24)25)12(23)18-14(19)26/h6,9-11,21-22,27-29H,2-5,7H2,1H3,(H,24,25)(H,18,23,26)/t9-,10?,11-,15-,16-/m1/s1. The van der Waals surface area contributed by atoms with Gasteiger partial charge in [0.15, 0.2) is 6.30 Å². The molecule has 0 aromatic carbocycles. The number of aliphatic hydroxyl groups excluding tert-OH is 2. The van der Waals surface area contributed by atoms with E-state index in [9.17, 15) is 44.4 Å². The minimum atomic E-state index is -3.50. The van der Waals surface area contributed by atoms with Crippen LogP contribution in [0.2, 0.25) is 0 Å². The first-order valence-electron chi connectivity index (χ1n) is 9.09. The van der Waals surface area contributed by atoms with Gasteiger partial charge in [-0.15, -0.1) is 5.06 Å². The van der Waals surface area contributed by atoms with Crippen LogP contribution in [-0.4, -0.2) is 82.2 Å². The van der Waals surface area contributed by atoms with Gasteiger partial charge in [0.25, 0.3) is 5.56 Å². The summed E-state index contributed by atoms with van der Waals surface area (Å²) in [6.45, 7) is 0.787. The molecule has 0 bridgehead atoms. The number of alkyl halides is 1. The van der Waals surface area contributed by atoms with Gasteiger partial charge in [-0.3, -0.25) is 9.78 Å². The molecule has 0 spiro atoms. The van der Waals surface area contributed by atoms with E-state index < -0.39 is 64.6 Å². The van der Waals surface area contributed by atoms with Gasteiger partial charge in [-0.1, -0.05) is 19.8 Å². The number of hydrogen-bond acceptors (Lipinski definition) is 10. The van der Waals surface area contributed by atoms with Gasteiger partial charge >= 0.3 is 17.6 Å². The predicted molar refractivity (Wildman–Crippen MR) is 94.1 cm³/mol. The molecular formula is C16H24FN3O10. The van der Waals surface area contributed by atoms with Crippen LogP contribution in [-0.2, 0) is 10.6 Å². The number of unbranched alkanes of at least 4 members (excludes halogenated alkanes) is 2. The van der Waals surface area contributed by atoms with Gasteiger partial charge in [0.1, 0.15) is 17.8 Å². The predicted octanol–water partition coefficient (Wildman–Crippen LogP) is -2.15. The van der Waals surface area contributed by atoms with E-state index in [1.165, 1.54) is 0 Å². The third-order valence-corrected chi connectivity index (χ3v) is 4.90. The second-order valence-electron chi connectivity index (χ2n) is 6.87. The third-order valence-electron chi connectivity index (χ3n) is 4.90. The van der Waals surface area contributed by atoms with E-state index in [0.717, 1.165) is 0 Å². The van der Waals surface area contributed by atoms with E-state index >= 15 is 0 Å². The number of hydroxylamine groups is 2. The van der Waals surface area contributed by atoms with Gasteiger partial charge in [-0.05, 0) is 12.8 Å². The van der Waals surface area contributed by atoms with Crippen LogP contribution in [0.3, 0.4) is 0 Å². The Morgan fingerprint density at radius 3 is 2.57 bits per heavy atom. The molecule has 5 atom stereocenters. The largest absolute Gasteiger partial charge is 0.477 e. The van der Waals surface area contributed by atoms with Crippen molar-refractivity contribution in [3.63, 3.8) is 0 Å². The number of H-pyrrole nitrogens is 1. The highest BCUT2D eigenvalue weighted by Crippen LogP contribution is 2.44. The van der Waals surface area contributed by atoms with Crippen molar-refractivity contribution in [1.29, 1.82) is 0 Å². The van der Waals surface area contributed by atoms with E-state index in [-0.39, 0.29) is 17.4 Å². The van der Waals surface area contributed by atoms with Gasteiger partial charge in [-0.2, -0.15) is 0 Å². The van der Waals surface area contributed by atoms with Gasteiger partial charge in [0.2, 0.25) is 5.72 Å². The normalized spacial score (nSPS) is 30.0. The Bertz CT molecular complexity index is 891. The van der Waals surface area contributed by atoms with Crippen molar-refractivity contribution < 1.29 is 44.7 Å². The lowest BCUT2D eigenvalue weighted by molar-refractivity contribution is -0.428. The summed E-state index contributed by atoms with van der Waals surface area (Å²) in [5.41, 5.74) is -7.41. The average molecular weight is 437 g/mol. The Morgan fingerprint density at radius 2 is 2.03 bits per heavy atom. The number of nitrogens with zero attached hydrogens (tertiary/aromatic N) is 2. The summed E-state index contributed by atoms with van der Waals surface area (Å²) in [7, 11) is 0. The first-order chi connectivity index (χ1) is 13.9. The molecule has 1 aromatic rings. The first kappa shape index (κ1) is 24.1. The highest BCUT2D eigenvalue weighted by atomic mass is 19.1. The summed E-state index contributed by atoms with van der Waals surface area (Å²) in [5, 5.41) is 60.5. The molecule has 0 amide bonds. The van der Waals surface area contributed by atoms with Crippen LogP contribution in [0.25, 0.3) is 0 Å². The Hall–Kier alpha value is -2.20. The zero-order chi connectivity index (χ0) is 22.9. The quantitative estimate of drug-likeness (QED) is 0.0959. The van der Waals surface area contributed by atoms with Gasteiger partial charge in [0.05, 0.1) is 6.61 Å². The maximum atomic E-state index is 14.6. The average Bonchev–Trinajstić information content (AvgIpc) is 2.89. The minimum absolute atomic E-state index is 0.0291. The molecule has 30 heavy (non-hydrogen) atoms. The molecule has 1 aliphatic heterocycles. The first-order valence-corrected chi connectivity index (χ1v) is 9.09. The highest BCUT2D eigenvalue weighted by molar-refractivity contribution is 5.86. The van der Waals surface area contributed by atoms with Crippen molar-refractivity contribution in [2.24, 2.45) is 0 Å². The lowest BCUT2D eigenvalue weighted by Crippen LogP contribution is -2.70. The van der Waals surface area contributed by atoms with Gasteiger partial charge in [-0.25, -0.2) is 18.5 Å². The number of carboxylic acid groups (broad SMARTS) is 1. The van der Waals surface area contributed by atoms with Gasteiger partial charge < -0.3 is 35.5 Å². The maximum Gasteiger partial charge on any atom is 0.342 e. The number of carbonyl (C=O) groups is 1. The summed E-state index contributed by atoms with van der Waals surface area (Å²) < 4.78 is 19.5. The fourth-order valence-corrected chi connectivity index (χ4v) is 3.22. The molecule has 1 aliphatic rings. The van der Waals surface area contributed by atoms with E-state index in [1.54, 1.807) is 4.98 Å². The molecule has 0 radical (unpaired) electrons. The van der Waals surface area contributed by atoms with E-state index in [1.807, 2.05) is 6.92 Å². The summed E-state index contributed by atoms with van der Waals surface area (Å²) >= 11 is 0. The van der Waals surface area contributed by atoms with Crippen LogP contribution in [0.1, 0.15) is 43.0 Å². The number of aromatic carboxylic acids is 1. The lowest BCUT2D eigenvalue weighted by atomic mass is 10.00. The number of aliphatic hydroxyl groups is 4. The van der Waals surface area contributed by atoms with Gasteiger partial charge in [0, 0.05) is 6.20 Å². The number of aromatic nitrogens is 2. The second kappa shape index (κ2) is 8.89. The SMILES string of the molecule is CCCCCC(F)N(O)[C@@]1(O)[C@H](O)[C@@H](CO)O[C@@]1(O)n1cc(C(=O)O)c(=O)[nH]c1=O. The molecule has 1 unspecified atom stereocenters. The van der Waals surface area contributed by atoms with Crippen molar-refractivity contribution >= 4 is 5.97 Å². The summed E-state index contributed by atoms with van der Waals surface area (Å²) in [4.78, 5) is 36.6. The fraction of sp³-hybridized carbons (Fsp3) is 0.688. The number of carboxylic acids is 1. The molecule has 2 heterocycles. The molecule has 0 aliphatic carbocycles. The topological polar surface area (TPSA) is 206 Å². The molecule has 1 aromatic heterocycles. The molecule has 1 fully saturated rings. The van der Waals surface area contributed by atoms with Crippen LogP contribution in [0.15, 0.2) is 15.8 Å². The van der Waals surface area contributed by atoms with E-state index in [4.69, 9.17) is 9.84 Å². The molecule has 0 saturated carbocycles. The lowest BCUT2D eigenvalue weighted by Gasteiger charge is -2.43. The van der Waals surface area contributed by atoms with Crippen molar-refractivity contribution in [3.8, 4) is 0 Å². The number of aromatic amines is 1. The summed E-state index contributed by atoms with van der Waals surface area (Å²) in [5.74, 6) is -5.33. The smallest absolute Gasteiger partial charge is 0.342 e. The number of nitrogens with one attached hydrogen (secondary N) is 1. The Kier molecular flexibility index (Phi) is 7.13. The third kappa shape index (κ3) is 3.78. The Balaban J connectivity index is 2.63. The van der Waals surface area contributed by atoms with E-state index in [2.05, 4.69) is 0 Å². The summed E-state index contributed by atoms with van der Waals surface area (Å²) in [6.07, 6.45) is -5.09. The summed E-state index contributed by atoms with van der Waals surface area (Å²) in [6, 6.07) is 0. The van der Waals surface area contributed by atoms with Crippen molar-refractivity contribution in [2.45, 2.75) is 62.7 Å². The fourth-order valence-electron chi connectivity index (χ4n) is 3.22. The highest BCUT2D eigenvalue weighted by Gasteiger charge is 2.71. The van der Waals surface area contributed by atoms with Crippen molar-refractivity contribution in [3.05, 3.63) is 32.6 Å². The maximum absolute atomic E-state index is 14.6. The molecule has 1 saturated heterocycles. The molecule has 7 N–H and O–H groups in total.